The van der Waals surface area contributed by atoms with Crippen LogP contribution < -0.4 is 0 Å². The minimum absolute atomic E-state index is 0.528. The normalized spacial score (nSPS) is 10.5. The predicted octanol–water partition coefficient (Wildman–Crippen LogP) is 5.57. The van der Waals surface area contributed by atoms with Crippen LogP contribution in [0.5, 0.6) is 0 Å². The van der Waals surface area contributed by atoms with Gasteiger partial charge in [0.15, 0.2) is 12.6 Å². The van der Waals surface area contributed by atoms with Crippen LogP contribution in [0.15, 0.2) is 54.6 Å². The van der Waals surface area contributed by atoms with Gasteiger partial charge in [-0.2, -0.15) is 0 Å². The number of aldehydes is 2. The standard InChI is InChI=1S/C23H20O2/c1-15-11-12-16(2)22(17(15)3)20-9-4-5-10-21(20)23-18(13-24)7-6-8-19(23)14-25/h4-14H,1-3H3. The first-order valence-electron chi connectivity index (χ1n) is 8.28. The molecule has 0 unspecified atom stereocenters. The Bertz CT molecular complexity index is 942. The van der Waals surface area contributed by atoms with Gasteiger partial charge in [0.05, 0.1) is 0 Å². The Morgan fingerprint density at radius 1 is 0.600 bits per heavy atom. The van der Waals surface area contributed by atoms with Crippen molar-refractivity contribution in [2.24, 2.45) is 0 Å². The van der Waals surface area contributed by atoms with E-state index in [2.05, 4.69) is 39.0 Å². The van der Waals surface area contributed by atoms with Crippen LogP contribution in [0, 0.1) is 20.8 Å². The summed E-state index contributed by atoms with van der Waals surface area (Å²) in [4.78, 5) is 23.2. The van der Waals surface area contributed by atoms with E-state index in [1.54, 1.807) is 18.2 Å². The van der Waals surface area contributed by atoms with Crippen molar-refractivity contribution in [3.05, 3.63) is 82.4 Å². The summed E-state index contributed by atoms with van der Waals surface area (Å²) in [5.74, 6) is 0. The van der Waals surface area contributed by atoms with Crippen LogP contribution in [0.2, 0.25) is 0 Å². The monoisotopic (exact) mass is 328 g/mol. The van der Waals surface area contributed by atoms with E-state index >= 15 is 0 Å². The van der Waals surface area contributed by atoms with Gasteiger partial charge < -0.3 is 0 Å². The minimum Gasteiger partial charge on any atom is -0.298 e. The molecule has 0 bridgehead atoms. The Hall–Kier alpha value is -3.00. The van der Waals surface area contributed by atoms with Gasteiger partial charge in [-0.15, -0.1) is 0 Å². The van der Waals surface area contributed by atoms with Gasteiger partial charge in [0.1, 0.15) is 0 Å². The van der Waals surface area contributed by atoms with Crippen LogP contribution in [-0.4, -0.2) is 12.6 Å². The number of benzene rings is 3. The number of carbonyl (C=O) groups is 2. The molecule has 0 fully saturated rings. The average Bonchev–Trinajstić information content (AvgIpc) is 2.65. The largest absolute Gasteiger partial charge is 0.298 e. The lowest BCUT2D eigenvalue weighted by atomic mass is 9.85. The summed E-state index contributed by atoms with van der Waals surface area (Å²) in [6.07, 6.45) is 1.63. The maximum absolute atomic E-state index is 11.6. The summed E-state index contributed by atoms with van der Waals surface area (Å²) < 4.78 is 0. The maximum Gasteiger partial charge on any atom is 0.150 e. The molecule has 0 heterocycles. The van der Waals surface area contributed by atoms with Gasteiger partial charge in [-0.3, -0.25) is 9.59 Å². The highest BCUT2D eigenvalue weighted by Gasteiger charge is 2.17. The molecule has 124 valence electrons. The van der Waals surface area contributed by atoms with E-state index in [1.165, 1.54) is 16.7 Å². The molecule has 2 heteroatoms. The highest BCUT2D eigenvalue weighted by atomic mass is 16.1. The first-order chi connectivity index (χ1) is 12.1. The molecule has 3 aromatic carbocycles. The fraction of sp³-hybridized carbons (Fsp3) is 0.130. The fourth-order valence-corrected chi connectivity index (χ4v) is 3.38. The Morgan fingerprint density at radius 2 is 1.12 bits per heavy atom. The second-order valence-corrected chi connectivity index (χ2v) is 6.29. The summed E-state index contributed by atoms with van der Waals surface area (Å²) >= 11 is 0. The van der Waals surface area contributed by atoms with Crippen molar-refractivity contribution in [2.45, 2.75) is 20.8 Å². The molecule has 0 aromatic heterocycles. The lowest BCUT2D eigenvalue weighted by molar-refractivity contribution is 0.112. The molecule has 0 saturated heterocycles. The van der Waals surface area contributed by atoms with E-state index in [9.17, 15) is 9.59 Å². The van der Waals surface area contributed by atoms with Gasteiger partial charge in [0.25, 0.3) is 0 Å². The van der Waals surface area contributed by atoms with Crippen LogP contribution >= 0.6 is 0 Å². The number of hydrogen-bond acceptors (Lipinski definition) is 2. The molecule has 0 atom stereocenters. The molecule has 0 aliphatic heterocycles. The lowest BCUT2D eigenvalue weighted by Gasteiger charge is -2.18. The maximum atomic E-state index is 11.6. The third-order valence-electron chi connectivity index (χ3n) is 4.79. The SMILES string of the molecule is Cc1ccc(C)c(-c2ccccc2-c2c(C=O)cccc2C=O)c1C. The fourth-order valence-electron chi connectivity index (χ4n) is 3.38. The third kappa shape index (κ3) is 2.91. The molecule has 0 radical (unpaired) electrons. The van der Waals surface area contributed by atoms with Crippen molar-refractivity contribution in [2.75, 3.05) is 0 Å². The molecule has 0 N–H and O–H groups in total. The van der Waals surface area contributed by atoms with E-state index in [1.807, 2.05) is 18.2 Å². The highest BCUT2D eigenvalue weighted by molar-refractivity contribution is 6.01. The summed E-state index contributed by atoms with van der Waals surface area (Å²) in [5.41, 5.74) is 8.46. The predicted molar refractivity (Wildman–Crippen MR) is 102 cm³/mol. The van der Waals surface area contributed by atoms with Crippen molar-refractivity contribution in [3.8, 4) is 22.3 Å². The van der Waals surface area contributed by atoms with Crippen LogP contribution in [-0.2, 0) is 0 Å². The smallest absolute Gasteiger partial charge is 0.150 e. The van der Waals surface area contributed by atoms with E-state index in [4.69, 9.17) is 0 Å². The molecule has 0 aliphatic carbocycles. The van der Waals surface area contributed by atoms with Gasteiger partial charge in [-0.1, -0.05) is 54.6 Å². The Labute approximate surface area is 148 Å². The first kappa shape index (κ1) is 16.8. The zero-order valence-corrected chi connectivity index (χ0v) is 14.7. The zero-order chi connectivity index (χ0) is 18.0. The number of aryl methyl sites for hydroxylation is 2. The summed E-state index contributed by atoms with van der Waals surface area (Å²) in [7, 11) is 0. The second-order valence-electron chi connectivity index (χ2n) is 6.29. The molecule has 3 rings (SSSR count). The number of carbonyl (C=O) groups excluding carboxylic acids is 2. The summed E-state index contributed by atoms with van der Waals surface area (Å²) in [5, 5.41) is 0. The van der Waals surface area contributed by atoms with E-state index in [-0.39, 0.29) is 0 Å². The Morgan fingerprint density at radius 3 is 1.68 bits per heavy atom. The Balaban J connectivity index is 2.40. The Kier molecular flexibility index (Phi) is 4.62. The molecular weight excluding hydrogens is 308 g/mol. The van der Waals surface area contributed by atoms with E-state index in [0.717, 1.165) is 29.3 Å². The molecule has 0 amide bonds. The van der Waals surface area contributed by atoms with Crippen molar-refractivity contribution < 1.29 is 9.59 Å². The molecule has 0 spiro atoms. The lowest BCUT2D eigenvalue weighted by Crippen LogP contribution is -1.98. The quantitative estimate of drug-likeness (QED) is 0.587. The highest BCUT2D eigenvalue weighted by Crippen LogP contribution is 2.38. The molecule has 2 nitrogen and oxygen atoms in total. The van der Waals surface area contributed by atoms with Crippen LogP contribution in [0.4, 0.5) is 0 Å². The van der Waals surface area contributed by atoms with Crippen LogP contribution in [0.25, 0.3) is 22.3 Å². The zero-order valence-electron chi connectivity index (χ0n) is 14.7. The van der Waals surface area contributed by atoms with Crippen LogP contribution in [0.1, 0.15) is 37.4 Å². The molecule has 3 aromatic rings. The third-order valence-corrected chi connectivity index (χ3v) is 4.79. The topological polar surface area (TPSA) is 34.1 Å². The average molecular weight is 328 g/mol. The van der Waals surface area contributed by atoms with Gasteiger partial charge in [0.2, 0.25) is 0 Å². The van der Waals surface area contributed by atoms with Crippen molar-refractivity contribution >= 4 is 12.6 Å². The van der Waals surface area contributed by atoms with Gasteiger partial charge in [-0.05, 0) is 54.2 Å². The van der Waals surface area contributed by atoms with Gasteiger partial charge in [0, 0.05) is 16.7 Å². The molecule has 25 heavy (non-hydrogen) atoms. The minimum atomic E-state index is 0.528. The number of rotatable bonds is 4. The van der Waals surface area contributed by atoms with E-state index < -0.39 is 0 Å². The van der Waals surface area contributed by atoms with Crippen LogP contribution in [0.3, 0.4) is 0 Å². The molecule has 0 aliphatic rings. The van der Waals surface area contributed by atoms with Gasteiger partial charge >= 0.3 is 0 Å². The molecule has 0 saturated carbocycles. The van der Waals surface area contributed by atoms with Crippen molar-refractivity contribution in [1.29, 1.82) is 0 Å². The first-order valence-corrected chi connectivity index (χ1v) is 8.28. The molecular formula is C23H20O2. The summed E-state index contributed by atoms with van der Waals surface area (Å²) in [6, 6.07) is 17.4. The van der Waals surface area contributed by atoms with E-state index in [0.29, 0.717) is 16.7 Å². The van der Waals surface area contributed by atoms with Crippen molar-refractivity contribution in [3.63, 3.8) is 0 Å². The second kappa shape index (κ2) is 6.86. The summed E-state index contributed by atoms with van der Waals surface area (Å²) in [6.45, 7) is 6.29. The van der Waals surface area contributed by atoms with Gasteiger partial charge in [-0.25, -0.2) is 0 Å². The van der Waals surface area contributed by atoms with Crippen molar-refractivity contribution in [1.82, 2.24) is 0 Å². The number of hydrogen-bond donors (Lipinski definition) is 0.